The summed E-state index contributed by atoms with van der Waals surface area (Å²) in [7, 11) is 1.90. The largest absolute Gasteiger partial charge is 0.508 e. The van der Waals surface area contributed by atoms with E-state index in [4.69, 9.17) is 27.4 Å². The first-order valence-corrected chi connectivity index (χ1v) is 12.3. The molecule has 186 valence electrons. The summed E-state index contributed by atoms with van der Waals surface area (Å²) >= 11 is 6.46. The molecule has 3 aromatic carbocycles. The molecule has 0 fully saturated rings. The summed E-state index contributed by atoms with van der Waals surface area (Å²) in [4.78, 5) is 27.3. The van der Waals surface area contributed by atoms with Crippen molar-refractivity contribution in [3.8, 4) is 17.0 Å². The molecule has 0 aliphatic heterocycles. The third kappa shape index (κ3) is 4.05. The average Bonchev–Trinajstić information content (AvgIpc) is 3.27. The van der Waals surface area contributed by atoms with E-state index in [-0.39, 0.29) is 30.2 Å². The lowest BCUT2D eigenvalue weighted by Crippen LogP contribution is -2.30. The molecule has 0 saturated heterocycles. The van der Waals surface area contributed by atoms with Crippen molar-refractivity contribution in [1.29, 1.82) is 0 Å². The first kappa shape index (κ1) is 23.7. The fourth-order valence-corrected chi connectivity index (χ4v) is 4.88. The second kappa shape index (κ2) is 9.31. The van der Waals surface area contributed by atoms with Crippen LogP contribution in [0.2, 0.25) is 5.02 Å². The van der Waals surface area contributed by atoms with Crippen molar-refractivity contribution in [2.45, 2.75) is 13.1 Å². The molecule has 0 saturated carbocycles. The van der Waals surface area contributed by atoms with Gasteiger partial charge in [-0.15, -0.1) is 0 Å². The number of nitrogen functional groups attached to an aromatic ring is 1. The Hall–Kier alpha value is -4.70. The molecular weight excluding hydrogens is 501 g/mol. The average molecular weight is 522 g/mol. The van der Waals surface area contributed by atoms with Crippen LogP contribution in [0.15, 0.2) is 77.9 Å². The Balaban J connectivity index is 1.57. The molecular formula is C27H21BClN7O2. The van der Waals surface area contributed by atoms with Crippen molar-refractivity contribution in [2.24, 2.45) is 0 Å². The Morgan fingerprint density at radius 3 is 2.61 bits per heavy atom. The Kier molecular flexibility index (Phi) is 5.81. The van der Waals surface area contributed by atoms with Crippen LogP contribution in [0.4, 0.5) is 5.82 Å². The van der Waals surface area contributed by atoms with Crippen LogP contribution in [0.5, 0.6) is 5.75 Å². The number of hydrogen-bond donors (Lipinski definition) is 2. The number of aromatic nitrogens is 6. The van der Waals surface area contributed by atoms with Crippen LogP contribution in [-0.4, -0.2) is 42.3 Å². The molecule has 0 spiro atoms. The van der Waals surface area contributed by atoms with E-state index in [0.717, 1.165) is 11.0 Å². The number of phenols is 1. The predicted molar refractivity (Wildman–Crippen MR) is 151 cm³/mol. The lowest BCUT2D eigenvalue weighted by Gasteiger charge is -2.15. The van der Waals surface area contributed by atoms with Gasteiger partial charge >= 0.3 is 0 Å². The van der Waals surface area contributed by atoms with Gasteiger partial charge in [-0.05, 0) is 29.8 Å². The molecule has 0 amide bonds. The monoisotopic (exact) mass is 521 g/mol. The lowest BCUT2D eigenvalue weighted by atomic mass is 9.92. The SMILES string of the molecule is Bc1cccc2nc(Cn3nc(-c4cccc(O)c4)c4c(N)ncnc43)n(Cc3ccccc3Cl)c(=O)c12. The molecule has 3 aromatic heterocycles. The van der Waals surface area contributed by atoms with Gasteiger partial charge in [-0.25, -0.2) is 19.6 Å². The molecule has 0 atom stereocenters. The van der Waals surface area contributed by atoms with Crippen LogP contribution in [0.25, 0.3) is 33.2 Å². The van der Waals surface area contributed by atoms with Gasteiger partial charge in [0.05, 0.1) is 22.8 Å². The number of nitrogens with zero attached hydrogens (tertiary/aromatic N) is 6. The number of nitrogens with two attached hydrogens (primary N) is 1. The van der Waals surface area contributed by atoms with Crippen molar-refractivity contribution in [3.05, 3.63) is 99.8 Å². The number of rotatable bonds is 5. The Morgan fingerprint density at radius 1 is 0.974 bits per heavy atom. The molecule has 0 unspecified atom stereocenters. The molecule has 0 aliphatic carbocycles. The number of anilines is 1. The van der Waals surface area contributed by atoms with E-state index >= 15 is 0 Å². The van der Waals surface area contributed by atoms with E-state index in [1.165, 1.54) is 6.33 Å². The quantitative estimate of drug-likeness (QED) is 0.334. The zero-order valence-electron chi connectivity index (χ0n) is 20.3. The van der Waals surface area contributed by atoms with Gasteiger partial charge in [0, 0.05) is 10.6 Å². The van der Waals surface area contributed by atoms with Crippen molar-refractivity contribution in [3.63, 3.8) is 0 Å². The second-order valence-corrected chi connectivity index (χ2v) is 9.40. The number of benzene rings is 3. The molecule has 3 heterocycles. The summed E-state index contributed by atoms with van der Waals surface area (Å²) in [6.45, 7) is 0.371. The molecule has 38 heavy (non-hydrogen) atoms. The summed E-state index contributed by atoms with van der Waals surface area (Å²) in [6.07, 6.45) is 1.37. The van der Waals surface area contributed by atoms with Gasteiger partial charge in [-0.2, -0.15) is 5.10 Å². The number of aromatic hydroxyl groups is 1. The maximum atomic E-state index is 13.8. The number of hydrogen-bond acceptors (Lipinski definition) is 7. The topological polar surface area (TPSA) is 125 Å². The summed E-state index contributed by atoms with van der Waals surface area (Å²) in [6, 6.07) is 19.7. The van der Waals surface area contributed by atoms with Gasteiger partial charge in [0.2, 0.25) is 0 Å². The van der Waals surface area contributed by atoms with Crippen LogP contribution in [-0.2, 0) is 13.1 Å². The van der Waals surface area contributed by atoms with Gasteiger partial charge in [-0.3, -0.25) is 9.36 Å². The highest BCUT2D eigenvalue weighted by Crippen LogP contribution is 2.32. The molecule has 6 rings (SSSR count). The van der Waals surface area contributed by atoms with E-state index in [1.54, 1.807) is 33.5 Å². The minimum Gasteiger partial charge on any atom is -0.508 e. The number of phenolic OH excluding ortho intramolecular Hbond substituents is 1. The molecule has 11 heteroatoms. The fraction of sp³-hybridized carbons (Fsp3) is 0.0741. The summed E-state index contributed by atoms with van der Waals surface area (Å²) < 4.78 is 3.28. The highest BCUT2D eigenvalue weighted by atomic mass is 35.5. The highest BCUT2D eigenvalue weighted by molar-refractivity contribution is 6.38. The zero-order valence-corrected chi connectivity index (χ0v) is 21.1. The first-order valence-electron chi connectivity index (χ1n) is 11.9. The molecule has 0 bridgehead atoms. The smallest absolute Gasteiger partial charge is 0.261 e. The van der Waals surface area contributed by atoms with Gasteiger partial charge in [0.25, 0.3) is 5.56 Å². The van der Waals surface area contributed by atoms with Crippen LogP contribution < -0.4 is 16.8 Å². The highest BCUT2D eigenvalue weighted by Gasteiger charge is 2.20. The Bertz CT molecular complexity index is 1920. The minimum absolute atomic E-state index is 0.0979. The summed E-state index contributed by atoms with van der Waals surface area (Å²) in [5.74, 6) is 0.841. The number of fused-ring (bicyclic) bond motifs is 2. The number of halogens is 1. The molecule has 0 radical (unpaired) electrons. The maximum absolute atomic E-state index is 13.8. The van der Waals surface area contributed by atoms with E-state index in [1.807, 2.05) is 50.3 Å². The molecule has 0 aliphatic rings. The van der Waals surface area contributed by atoms with Crippen molar-refractivity contribution in [2.75, 3.05) is 5.73 Å². The third-order valence-corrected chi connectivity index (χ3v) is 6.90. The van der Waals surface area contributed by atoms with Crippen molar-refractivity contribution >= 4 is 52.7 Å². The van der Waals surface area contributed by atoms with Gasteiger partial charge < -0.3 is 10.8 Å². The molecule has 6 aromatic rings. The summed E-state index contributed by atoms with van der Waals surface area (Å²) in [5, 5.41) is 16.5. The van der Waals surface area contributed by atoms with E-state index in [2.05, 4.69) is 9.97 Å². The van der Waals surface area contributed by atoms with Crippen molar-refractivity contribution in [1.82, 2.24) is 29.3 Å². The van der Waals surface area contributed by atoms with Gasteiger partial charge in [-0.1, -0.05) is 59.5 Å². The Labute approximate surface area is 222 Å². The van der Waals surface area contributed by atoms with E-state index in [9.17, 15) is 9.90 Å². The van der Waals surface area contributed by atoms with Crippen molar-refractivity contribution < 1.29 is 5.11 Å². The molecule has 3 N–H and O–H groups in total. The first-order chi connectivity index (χ1) is 18.4. The summed E-state index contributed by atoms with van der Waals surface area (Å²) in [5.41, 5.74) is 9.98. The van der Waals surface area contributed by atoms with Crippen LogP contribution >= 0.6 is 11.6 Å². The Morgan fingerprint density at radius 2 is 1.79 bits per heavy atom. The maximum Gasteiger partial charge on any atom is 0.261 e. The predicted octanol–water partition coefficient (Wildman–Crippen LogP) is 2.50. The van der Waals surface area contributed by atoms with E-state index < -0.39 is 0 Å². The minimum atomic E-state index is -0.165. The zero-order chi connectivity index (χ0) is 26.4. The van der Waals surface area contributed by atoms with Gasteiger partial charge in [0.15, 0.2) is 5.65 Å². The van der Waals surface area contributed by atoms with Crippen LogP contribution in [0.3, 0.4) is 0 Å². The fourth-order valence-electron chi connectivity index (χ4n) is 4.69. The van der Waals surface area contributed by atoms with Gasteiger partial charge in [0.1, 0.15) is 43.8 Å². The van der Waals surface area contributed by atoms with Crippen LogP contribution in [0, 0.1) is 0 Å². The lowest BCUT2D eigenvalue weighted by molar-refractivity contribution is 0.475. The van der Waals surface area contributed by atoms with Crippen LogP contribution in [0.1, 0.15) is 11.4 Å². The molecule has 9 nitrogen and oxygen atoms in total. The third-order valence-electron chi connectivity index (χ3n) is 6.53. The standard InChI is InChI=1S/C27H21BClN7O2/c28-18-8-4-10-20-22(18)27(38)35(12-16-5-1-2-9-19(16)29)21(33-20)13-36-26-23(25(30)31-14-32-26)24(34-36)15-6-3-7-17(37)11-15/h1-11,14,37H,12-13,28H2,(H2,30,31,32). The van der Waals surface area contributed by atoms with E-state index in [0.29, 0.717) is 44.0 Å². The normalized spacial score (nSPS) is 11.4. The second-order valence-electron chi connectivity index (χ2n) is 8.99.